The number of aromatic nitrogens is 4. The summed E-state index contributed by atoms with van der Waals surface area (Å²) in [6.45, 7) is 0. The van der Waals surface area contributed by atoms with Gasteiger partial charge in [0.15, 0.2) is 5.82 Å². The summed E-state index contributed by atoms with van der Waals surface area (Å²) in [6.07, 6.45) is 0. The molecule has 0 bridgehead atoms. The Bertz CT molecular complexity index is 2440. The Labute approximate surface area is 266 Å². The van der Waals surface area contributed by atoms with E-state index in [2.05, 4.69) is 115 Å². The molecule has 0 aliphatic rings. The van der Waals surface area contributed by atoms with Crippen LogP contribution in [-0.4, -0.2) is 19.1 Å². The Hall–Kier alpha value is -6.07. The molecule has 0 unspecified atom stereocenters. The summed E-state index contributed by atoms with van der Waals surface area (Å²) in [5.74, 6) is 0.680. The first kappa shape index (κ1) is 27.5. The monoisotopic (exact) mass is 594 g/mol. The van der Waals surface area contributed by atoms with Gasteiger partial charge in [-0.25, -0.2) is 14.8 Å². The Kier molecular flexibility index (Phi) is 6.65. The van der Waals surface area contributed by atoms with Crippen molar-refractivity contribution in [1.82, 2.24) is 19.1 Å². The minimum absolute atomic E-state index is 0.0297. The Balaban J connectivity index is 1.30. The zero-order chi connectivity index (χ0) is 31.2. The molecular formula is C41H30N4O. The quantitative estimate of drug-likeness (QED) is 0.200. The lowest BCUT2D eigenvalue weighted by atomic mass is 9.91. The van der Waals surface area contributed by atoms with Gasteiger partial charge in [-0.2, -0.15) is 0 Å². The molecule has 0 saturated carbocycles. The summed E-state index contributed by atoms with van der Waals surface area (Å²) < 4.78 is 3.37. The van der Waals surface area contributed by atoms with E-state index in [1.165, 1.54) is 0 Å². The normalized spacial score (nSPS) is 11.3. The van der Waals surface area contributed by atoms with Gasteiger partial charge in [-0.1, -0.05) is 127 Å². The number of fused-ring (bicyclic) bond motifs is 2. The van der Waals surface area contributed by atoms with Gasteiger partial charge in [0, 0.05) is 30.8 Å². The zero-order valence-electron chi connectivity index (χ0n) is 25.6. The molecule has 8 aromatic rings. The van der Waals surface area contributed by atoms with Crippen LogP contribution in [0.25, 0.3) is 78.0 Å². The van der Waals surface area contributed by atoms with Crippen LogP contribution in [0.2, 0.25) is 0 Å². The second kappa shape index (κ2) is 11.1. The summed E-state index contributed by atoms with van der Waals surface area (Å²) in [5.41, 5.74) is 11.0. The van der Waals surface area contributed by atoms with Gasteiger partial charge in [0.2, 0.25) is 0 Å². The van der Waals surface area contributed by atoms with E-state index in [4.69, 9.17) is 9.97 Å². The summed E-state index contributed by atoms with van der Waals surface area (Å²) in [5, 5.41) is 2.31. The number of benzene rings is 6. The molecule has 0 spiro atoms. The second-order valence-corrected chi connectivity index (χ2v) is 11.6. The topological polar surface area (TPSA) is 52.7 Å². The standard InChI is InChI=1S/C41H30N4O/c1-44-37-24-22-32(25-38(37)45(2)41(44)46)27-17-19-30(20-18-27)35-26-36(43-40(42-35)31-14-7-4-8-15-31)39-33-16-10-9-13-29(33)21-23-34(39)28-11-5-3-6-12-28/h3-26H,1-2H3. The SMILES string of the molecule is Cn1c(=O)n(C)c2cc(-c3ccc(-c4cc(-c5c(-c6ccccc6)ccc6ccccc56)nc(-c5ccccc5)n4)cc3)ccc21. The number of hydrogen-bond acceptors (Lipinski definition) is 3. The summed E-state index contributed by atoms with van der Waals surface area (Å²) in [4.78, 5) is 22.8. The average Bonchev–Trinajstić information content (AvgIpc) is 3.34. The summed E-state index contributed by atoms with van der Waals surface area (Å²) in [6, 6.07) is 50.3. The maximum atomic E-state index is 12.5. The maximum Gasteiger partial charge on any atom is 0.328 e. The van der Waals surface area contributed by atoms with E-state index in [1.54, 1.807) is 16.2 Å². The van der Waals surface area contributed by atoms with Crippen LogP contribution in [0.1, 0.15) is 0 Å². The molecule has 5 nitrogen and oxygen atoms in total. The van der Waals surface area contributed by atoms with Gasteiger partial charge in [-0.3, -0.25) is 9.13 Å². The fourth-order valence-corrected chi connectivity index (χ4v) is 6.37. The molecule has 46 heavy (non-hydrogen) atoms. The third-order valence-electron chi connectivity index (χ3n) is 8.81. The smallest absolute Gasteiger partial charge is 0.295 e. The van der Waals surface area contributed by atoms with E-state index >= 15 is 0 Å². The zero-order valence-corrected chi connectivity index (χ0v) is 25.6. The Morgan fingerprint density at radius 2 is 1.09 bits per heavy atom. The highest BCUT2D eigenvalue weighted by molar-refractivity contribution is 6.04. The number of nitrogens with zero attached hydrogens (tertiary/aromatic N) is 4. The van der Waals surface area contributed by atoms with Crippen molar-refractivity contribution >= 4 is 21.8 Å². The van der Waals surface area contributed by atoms with Crippen LogP contribution in [0.4, 0.5) is 0 Å². The maximum absolute atomic E-state index is 12.5. The van der Waals surface area contributed by atoms with Crippen LogP contribution in [0, 0.1) is 0 Å². The van der Waals surface area contributed by atoms with Crippen molar-refractivity contribution in [3.05, 3.63) is 156 Å². The van der Waals surface area contributed by atoms with Gasteiger partial charge in [0.1, 0.15) is 0 Å². The van der Waals surface area contributed by atoms with Crippen molar-refractivity contribution < 1.29 is 0 Å². The summed E-state index contributed by atoms with van der Waals surface area (Å²) >= 11 is 0. The van der Waals surface area contributed by atoms with E-state index < -0.39 is 0 Å². The largest absolute Gasteiger partial charge is 0.328 e. The van der Waals surface area contributed by atoms with Crippen LogP contribution in [0.5, 0.6) is 0 Å². The molecule has 8 rings (SSSR count). The van der Waals surface area contributed by atoms with Crippen molar-refractivity contribution in [3.8, 4) is 56.2 Å². The number of aryl methyl sites for hydroxylation is 2. The third-order valence-corrected chi connectivity index (χ3v) is 8.81. The van der Waals surface area contributed by atoms with Gasteiger partial charge >= 0.3 is 5.69 Å². The molecule has 0 fully saturated rings. The highest BCUT2D eigenvalue weighted by Gasteiger charge is 2.17. The van der Waals surface area contributed by atoms with Crippen molar-refractivity contribution in [2.24, 2.45) is 14.1 Å². The number of rotatable bonds is 5. The highest BCUT2D eigenvalue weighted by Crippen LogP contribution is 2.39. The van der Waals surface area contributed by atoms with E-state index in [0.717, 1.165) is 72.1 Å². The van der Waals surface area contributed by atoms with Crippen LogP contribution in [0.15, 0.2) is 150 Å². The second-order valence-electron chi connectivity index (χ2n) is 11.6. The predicted octanol–water partition coefficient (Wildman–Crippen LogP) is 9.16. The molecule has 0 aliphatic carbocycles. The van der Waals surface area contributed by atoms with Crippen LogP contribution < -0.4 is 5.69 Å². The van der Waals surface area contributed by atoms with Gasteiger partial charge < -0.3 is 0 Å². The molecule has 0 radical (unpaired) electrons. The lowest BCUT2D eigenvalue weighted by molar-refractivity contribution is 0.795. The molecule has 5 heteroatoms. The number of hydrogen-bond donors (Lipinski definition) is 0. The molecule has 2 heterocycles. The third kappa shape index (κ3) is 4.70. The fourth-order valence-electron chi connectivity index (χ4n) is 6.37. The molecule has 6 aromatic carbocycles. The first-order chi connectivity index (χ1) is 22.5. The van der Waals surface area contributed by atoms with Crippen molar-refractivity contribution in [2.45, 2.75) is 0 Å². The molecule has 220 valence electrons. The molecule has 0 amide bonds. The minimum Gasteiger partial charge on any atom is -0.295 e. The number of imidazole rings is 1. The van der Waals surface area contributed by atoms with Gasteiger partial charge in [-0.05, 0) is 51.2 Å². The van der Waals surface area contributed by atoms with Gasteiger partial charge in [0.05, 0.1) is 22.4 Å². The van der Waals surface area contributed by atoms with Crippen LogP contribution >= 0.6 is 0 Å². The molecule has 2 aromatic heterocycles. The first-order valence-electron chi connectivity index (χ1n) is 15.3. The average molecular weight is 595 g/mol. The molecule has 0 N–H and O–H groups in total. The van der Waals surface area contributed by atoms with Crippen molar-refractivity contribution in [1.29, 1.82) is 0 Å². The Morgan fingerprint density at radius 1 is 0.478 bits per heavy atom. The molecule has 0 aliphatic heterocycles. The molecule has 0 saturated heterocycles. The van der Waals surface area contributed by atoms with Gasteiger partial charge in [-0.15, -0.1) is 0 Å². The fraction of sp³-hybridized carbons (Fsp3) is 0.0488. The lowest BCUT2D eigenvalue weighted by Gasteiger charge is -2.16. The van der Waals surface area contributed by atoms with E-state index in [1.807, 2.05) is 37.4 Å². The van der Waals surface area contributed by atoms with Crippen LogP contribution in [-0.2, 0) is 14.1 Å². The van der Waals surface area contributed by atoms with E-state index in [0.29, 0.717) is 5.82 Å². The Morgan fingerprint density at radius 3 is 1.85 bits per heavy atom. The van der Waals surface area contributed by atoms with Crippen molar-refractivity contribution in [2.75, 3.05) is 0 Å². The molecule has 0 atom stereocenters. The predicted molar refractivity (Wildman–Crippen MR) is 188 cm³/mol. The van der Waals surface area contributed by atoms with Gasteiger partial charge in [0.25, 0.3) is 0 Å². The summed E-state index contributed by atoms with van der Waals surface area (Å²) in [7, 11) is 3.62. The lowest BCUT2D eigenvalue weighted by Crippen LogP contribution is -2.19. The first-order valence-corrected chi connectivity index (χ1v) is 15.3. The minimum atomic E-state index is -0.0297. The van der Waals surface area contributed by atoms with Crippen LogP contribution in [0.3, 0.4) is 0 Å². The van der Waals surface area contributed by atoms with E-state index in [9.17, 15) is 4.79 Å². The highest BCUT2D eigenvalue weighted by atomic mass is 16.1. The van der Waals surface area contributed by atoms with Crippen molar-refractivity contribution in [3.63, 3.8) is 0 Å². The molecular weight excluding hydrogens is 564 g/mol. The van der Waals surface area contributed by atoms with E-state index in [-0.39, 0.29) is 5.69 Å².